The SMILES string of the molecule is O=C(CN1CCN(C(=O)c2cccc(S(=O)(=O)Nc3ccc(Cl)cc3)c2)CC1)N1CCCC1. The normalized spacial score (nSPS) is 17.2. The third kappa shape index (κ3) is 5.85. The van der Waals surface area contributed by atoms with Gasteiger partial charge in [-0.2, -0.15) is 0 Å². The summed E-state index contributed by atoms with van der Waals surface area (Å²) in [6.45, 7) is 4.26. The van der Waals surface area contributed by atoms with Crippen LogP contribution in [0, 0.1) is 0 Å². The number of likely N-dealkylation sites (tertiary alicyclic amines) is 1. The lowest BCUT2D eigenvalue weighted by molar-refractivity contribution is -0.131. The number of nitrogens with one attached hydrogen (secondary N) is 1. The number of benzene rings is 2. The van der Waals surface area contributed by atoms with Crippen molar-refractivity contribution in [2.24, 2.45) is 0 Å². The molecular formula is C23H27ClN4O4S. The van der Waals surface area contributed by atoms with Gasteiger partial charge in [-0.1, -0.05) is 17.7 Å². The Kier molecular flexibility index (Phi) is 7.21. The first-order valence-electron chi connectivity index (χ1n) is 11.0. The number of halogens is 1. The van der Waals surface area contributed by atoms with Gasteiger partial charge in [0.25, 0.3) is 15.9 Å². The molecule has 2 aromatic rings. The van der Waals surface area contributed by atoms with Crippen LogP contribution in [0.5, 0.6) is 0 Å². The maximum absolute atomic E-state index is 13.0. The molecule has 1 N–H and O–H groups in total. The van der Waals surface area contributed by atoms with E-state index < -0.39 is 10.0 Å². The predicted octanol–water partition coefficient (Wildman–Crippen LogP) is 2.52. The Morgan fingerprint density at radius 3 is 2.21 bits per heavy atom. The van der Waals surface area contributed by atoms with E-state index in [1.807, 2.05) is 4.90 Å². The molecule has 2 aromatic carbocycles. The quantitative estimate of drug-likeness (QED) is 0.672. The summed E-state index contributed by atoms with van der Waals surface area (Å²) >= 11 is 5.85. The van der Waals surface area contributed by atoms with Crippen molar-refractivity contribution in [2.45, 2.75) is 17.7 Å². The number of hydrogen-bond acceptors (Lipinski definition) is 5. The summed E-state index contributed by atoms with van der Waals surface area (Å²) in [5.41, 5.74) is 0.700. The van der Waals surface area contributed by atoms with Crippen LogP contribution >= 0.6 is 11.6 Å². The molecule has 2 amide bonds. The number of sulfonamides is 1. The van der Waals surface area contributed by atoms with Crippen LogP contribution in [-0.2, 0) is 14.8 Å². The smallest absolute Gasteiger partial charge is 0.261 e. The van der Waals surface area contributed by atoms with Crippen LogP contribution < -0.4 is 4.72 Å². The summed E-state index contributed by atoms with van der Waals surface area (Å²) < 4.78 is 28.1. The molecule has 2 heterocycles. The van der Waals surface area contributed by atoms with Gasteiger partial charge in [0.2, 0.25) is 5.91 Å². The standard InChI is InChI=1S/C23H27ClN4O4S/c24-19-6-8-20(9-7-19)25-33(31,32)21-5-3-4-18(16-21)23(30)28-14-12-26(13-15-28)17-22(29)27-10-1-2-11-27/h3-9,16,25H,1-2,10-15,17H2. The molecule has 8 nitrogen and oxygen atoms in total. The molecule has 0 unspecified atom stereocenters. The number of rotatable bonds is 6. The van der Waals surface area contributed by atoms with Gasteiger partial charge in [0.05, 0.1) is 11.4 Å². The van der Waals surface area contributed by atoms with Gasteiger partial charge >= 0.3 is 0 Å². The average molecular weight is 491 g/mol. The van der Waals surface area contributed by atoms with Crippen molar-refractivity contribution in [1.82, 2.24) is 14.7 Å². The fourth-order valence-corrected chi connectivity index (χ4v) is 5.31. The van der Waals surface area contributed by atoms with E-state index in [9.17, 15) is 18.0 Å². The Balaban J connectivity index is 1.36. The molecule has 33 heavy (non-hydrogen) atoms. The van der Waals surface area contributed by atoms with E-state index in [2.05, 4.69) is 9.62 Å². The van der Waals surface area contributed by atoms with Gasteiger partial charge in [0, 0.05) is 55.5 Å². The zero-order valence-corrected chi connectivity index (χ0v) is 19.8. The number of amides is 2. The van der Waals surface area contributed by atoms with Crippen molar-refractivity contribution in [3.8, 4) is 0 Å². The molecule has 0 aliphatic carbocycles. The molecule has 0 saturated carbocycles. The lowest BCUT2D eigenvalue weighted by Crippen LogP contribution is -2.51. The van der Waals surface area contributed by atoms with Crippen LogP contribution in [0.2, 0.25) is 5.02 Å². The highest BCUT2D eigenvalue weighted by molar-refractivity contribution is 7.92. The second-order valence-electron chi connectivity index (χ2n) is 8.30. The molecule has 4 rings (SSSR count). The van der Waals surface area contributed by atoms with Crippen LogP contribution in [-0.4, -0.2) is 80.7 Å². The van der Waals surface area contributed by atoms with Gasteiger partial charge in [0.1, 0.15) is 0 Å². The number of carbonyl (C=O) groups is 2. The highest BCUT2D eigenvalue weighted by Crippen LogP contribution is 2.20. The Hall–Kier alpha value is -2.62. The molecule has 0 radical (unpaired) electrons. The maximum atomic E-state index is 13.0. The predicted molar refractivity (Wildman–Crippen MR) is 127 cm³/mol. The van der Waals surface area contributed by atoms with Crippen LogP contribution in [0.3, 0.4) is 0 Å². The fourth-order valence-electron chi connectivity index (χ4n) is 4.08. The largest absolute Gasteiger partial charge is 0.342 e. The summed E-state index contributed by atoms with van der Waals surface area (Å²) in [6, 6.07) is 12.4. The maximum Gasteiger partial charge on any atom is 0.261 e. The lowest BCUT2D eigenvalue weighted by atomic mass is 10.2. The summed E-state index contributed by atoms with van der Waals surface area (Å²) in [5, 5.41) is 0.506. The van der Waals surface area contributed by atoms with Gasteiger partial charge in [-0.25, -0.2) is 8.42 Å². The van der Waals surface area contributed by atoms with Gasteiger partial charge in [-0.3, -0.25) is 19.2 Å². The summed E-state index contributed by atoms with van der Waals surface area (Å²) in [7, 11) is -3.86. The van der Waals surface area contributed by atoms with Crippen LogP contribution in [0.25, 0.3) is 0 Å². The second kappa shape index (κ2) is 10.1. The zero-order chi connectivity index (χ0) is 23.4. The average Bonchev–Trinajstić information content (AvgIpc) is 3.36. The number of nitrogens with zero attached hydrogens (tertiary/aromatic N) is 3. The highest BCUT2D eigenvalue weighted by atomic mass is 35.5. The Bertz CT molecular complexity index is 1110. The third-order valence-corrected chi connectivity index (χ3v) is 7.60. The summed E-state index contributed by atoms with van der Waals surface area (Å²) in [6.07, 6.45) is 2.13. The number of anilines is 1. The molecule has 2 saturated heterocycles. The van der Waals surface area contributed by atoms with E-state index in [0.29, 0.717) is 49.0 Å². The third-order valence-electron chi connectivity index (χ3n) is 5.96. The Morgan fingerprint density at radius 2 is 1.55 bits per heavy atom. The molecule has 0 bridgehead atoms. The van der Waals surface area contributed by atoms with Gasteiger partial charge in [0.15, 0.2) is 0 Å². The van der Waals surface area contributed by atoms with Crippen LogP contribution in [0.15, 0.2) is 53.4 Å². The second-order valence-corrected chi connectivity index (χ2v) is 10.4. The molecule has 0 spiro atoms. The van der Waals surface area contributed by atoms with Gasteiger partial charge < -0.3 is 9.80 Å². The number of hydrogen-bond donors (Lipinski definition) is 1. The van der Waals surface area contributed by atoms with E-state index in [1.165, 1.54) is 12.1 Å². The highest BCUT2D eigenvalue weighted by Gasteiger charge is 2.26. The van der Waals surface area contributed by atoms with Crippen molar-refractivity contribution in [3.05, 3.63) is 59.1 Å². The fraction of sp³-hybridized carbons (Fsp3) is 0.391. The Morgan fingerprint density at radius 1 is 0.879 bits per heavy atom. The van der Waals surface area contributed by atoms with E-state index in [1.54, 1.807) is 41.3 Å². The van der Waals surface area contributed by atoms with E-state index in [-0.39, 0.29) is 16.7 Å². The molecule has 2 aliphatic heterocycles. The first-order chi connectivity index (χ1) is 15.8. The zero-order valence-electron chi connectivity index (χ0n) is 18.2. The van der Waals surface area contributed by atoms with Crippen molar-refractivity contribution in [2.75, 3.05) is 50.5 Å². The minimum Gasteiger partial charge on any atom is -0.342 e. The van der Waals surface area contributed by atoms with E-state index in [0.717, 1.165) is 25.9 Å². The lowest BCUT2D eigenvalue weighted by Gasteiger charge is -2.35. The van der Waals surface area contributed by atoms with Gasteiger partial charge in [-0.15, -0.1) is 0 Å². The number of piperazine rings is 1. The summed E-state index contributed by atoms with van der Waals surface area (Å²) in [4.78, 5) is 31.1. The summed E-state index contributed by atoms with van der Waals surface area (Å²) in [5.74, 6) is -0.0672. The van der Waals surface area contributed by atoms with E-state index >= 15 is 0 Å². The first-order valence-corrected chi connectivity index (χ1v) is 12.9. The van der Waals surface area contributed by atoms with Crippen molar-refractivity contribution < 1.29 is 18.0 Å². The monoisotopic (exact) mass is 490 g/mol. The molecule has 176 valence electrons. The van der Waals surface area contributed by atoms with Crippen LogP contribution in [0.1, 0.15) is 23.2 Å². The van der Waals surface area contributed by atoms with Gasteiger partial charge in [-0.05, 0) is 55.3 Å². The Labute approximate surface area is 199 Å². The number of carbonyl (C=O) groups excluding carboxylic acids is 2. The van der Waals surface area contributed by atoms with Crippen molar-refractivity contribution in [3.63, 3.8) is 0 Å². The van der Waals surface area contributed by atoms with Crippen molar-refractivity contribution >= 4 is 39.1 Å². The minimum absolute atomic E-state index is 0.0122. The van der Waals surface area contributed by atoms with Crippen molar-refractivity contribution in [1.29, 1.82) is 0 Å². The molecule has 0 aromatic heterocycles. The molecular weight excluding hydrogens is 464 g/mol. The molecule has 2 fully saturated rings. The van der Waals surface area contributed by atoms with Crippen LogP contribution in [0.4, 0.5) is 5.69 Å². The molecule has 0 atom stereocenters. The topological polar surface area (TPSA) is 90.0 Å². The van der Waals surface area contributed by atoms with E-state index in [4.69, 9.17) is 11.6 Å². The molecule has 10 heteroatoms. The first kappa shape index (κ1) is 23.5. The molecule has 2 aliphatic rings. The minimum atomic E-state index is -3.86.